The van der Waals surface area contributed by atoms with Gasteiger partial charge in [-0.05, 0) is 36.2 Å². The Hall–Kier alpha value is -3.93. The Morgan fingerprint density at radius 3 is 2.18 bits per heavy atom. The summed E-state index contributed by atoms with van der Waals surface area (Å²) < 4.78 is 2.11. The average molecular weight is 439 g/mol. The lowest BCUT2D eigenvalue weighted by Gasteiger charge is -2.23. The summed E-state index contributed by atoms with van der Waals surface area (Å²) in [7, 11) is 0. The number of benzene rings is 2. The largest absolute Gasteiger partial charge is 0.337 e. The van der Waals surface area contributed by atoms with E-state index in [1.165, 1.54) is 0 Å². The van der Waals surface area contributed by atoms with Crippen LogP contribution >= 0.6 is 0 Å². The molecular weight excluding hydrogens is 412 g/mol. The van der Waals surface area contributed by atoms with Crippen LogP contribution in [0.3, 0.4) is 0 Å². The van der Waals surface area contributed by atoms with Crippen LogP contribution in [-0.4, -0.2) is 57.3 Å². The zero-order valence-electron chi connectivity index (χ0n) is 18.4. The van der Waals surface area contributed by atoms with Gasteiger partial charge in [0.05, 0.1) is 0 Å². The summed E-state index contributed by atoms with van der Waals surface area (Å²) in [4.78, 5) is 34.2. The first-order valence-corrected chi connectivity index (χ1v) is 11.3. The van der Waals surface area contributed by atoms with Gasteiger partial charge in [0.15, 0.2) is 0 Å². The number of pyridine rings is 1. The predicted molar refractivity (Wildman–Crippen MR) is 128 cm³/mol. The second-order valence-corrected chi connectivity index (χ2v) is 8.33. The number of hydrogen-bond donors (Lipinski definition) is 0. The van der Waals surface area contributed by atoms with E-state index in [0.29, 0.717) is 44.0 Å². The van der Waals surface area contributed by atoms with Crippen molar-refractivity contribution in [3.63, 3.8) is 0 Å². The molecule has 6 heteroatoms. The molecule has 0 spiro atoms. The van der Waals surface area contributed by atoms with E-state index in [-0.39, 0.29) is 11.8 Å². The molecule has 0 unspecified atom stereocenters. The van der Waals surface area contributed by atoms with Gasteiger partial charge >= 0.3 is 0 Å². The summed E-state index contributed by atoms with van der Waals surface area (Å²) in [5.74, 6) is 0.00484. The molecule has 1 aliphatic rings. The molecule has 166 valence electrons. The maximum atomic E-state index is 13.7. The van der Waals surface area contributed by atoms with Gasteiger partial charge in [0, 0.05) is 61.6 Å². The zero-order chi connectivity index (χ0) is 22.6. The van der Waals surface area contributed by atoms with Crippen LogP contribution in [0.1, 0.15) is 32.8 Å². The van der Waals surface area contributed by atoms with Crippen molar-refractivity contribution in [3.8, 4) is 0 Å². The first-order valence-electron chi connectivity index (χ1n) is 11.3. The molecule has 5 rings (SSSR count). The van der Waals surface area contributed by atoms with Crippen LogP contribution in [0.2, 0.25) is 0 Å². The minimum Gasteiger partial charge on any atom is -0.337 e. The number of fused-ring (bicyclic) bond motifs is 1. The molecule has 0 saturated carbocycles. The monoisotopic (exact) mass is 438 g/mol. The van der Waals surface area contributed by atoms with E-state index < -0.39 is 0 Å². The van der Waals surface area contributed by atoms with E-state index >= 15 is 0 Å². The molecule has 0 atom stereocenters. The smallest absolute Gasteiger partial charge is 0.270 e. The van der Waals surface area contributed by atoms with Gasteiger partial charge in [-0.15, -0.1) is 0 Å². The number of rotatable bonds is 4. The van der Waals surface area contributed by atoms with Crippen LogP contribution in [0.25, 0.3) is 10.9 Å². The Morgan fingerprint density at radius 1 is 0.758 bits per heavy atom. The molecule has 2 aromatic heterocycles. The number of hydrogen-bond acceptors (Lipinski definition) is 3. The lowest BCUT2D eigenvalue weighted by Crippen LogP contribution is -2.38. The number of carbonyl (C=O) groups excluding carboxylic acids is 2. The maximum absolute atomic E-state index is 13.7. The summed E-state index contributed by atoms with van der Waals surface area (Å²) in [6.07, 6.45) is 4.01. The van der Waals surface area contributed by atoms with Crippen molar-refractivity contribution in [1.82, 2.24) is 19.4 Å². The molecule has 2 amide bonds. The molecular formula is C27H26N4O2. The number of carbonyl (C=O) groups is 2. The van der Waals surface area contributed by atoms with Crippen molar-refractivity contribution < 1.29 is 9.59 Å². The average Bonchev–Trinajstić information content (AvgIpc) is 3.05. The van der Waals surface area contributed by atoms with Crippen molar-refractivity contribution in [2.24, 2.45) is 0 Å². The molecule has 4 aromatic rings. The molecule has 1 aliphatic heterocycles. The van der Waals surface area contributed by atoms with E-state index in [2.05, 4.69) is 27.8 Å². The predicted octanol–water partition coefficient (Wildman–Crippen LogP) is 4.07. The highest BCUT2D eigenvalue weighted by atomic mass is 16.2. The first kappa shape index (κ1) is 20.9. The fourth-order valence-electron chi connectivity index (χ4n) is 4.49. The van der Waals surface area contributed by atoms with E-state index in [1.54, 1.807) is 24.5 Å². The fraction of sp³-hybridized carbons (Fsp3) is 0.222. The Labute approximate surface area is 193 Å². The Morgan fingerprint density at radius 2 is 1.42 bits per heavy atom. The number of para-hydroxylation sites is 1. The van der Waals surface area contributed by atoms with Gasteiger partial charge in [0.2, 0.25) is 0 Å². The molecule has 0 aliphatic carbocycles. The van der Waals surface area contributed by atoms with Crippen LogP contribution < -0.4 is 0 Å². The summed E-state index contributed by atoms with van der Waals surface area (Å²) >= 11 is 0. The molecule has 0 N–H and O–H groups in total. The maximum Gasteiger partial charge on any atom is 0.270 e. The highest BCUT2D eigenvalue weighted by Gasteiger charge is 2.26. The summed E-state index contributed by atoms with van der Waals surface area (Å²) in [6.45, 7) is 2.94. The lowest BCUT2D eigenvalue weighted by molar-refractivity contribution is 0.0713. The number of aromatic nitrogens is 2. The van der Waals surface area contributed by atoms with Gasteiger partial charge in [-0.2, -0.15) is 0 Å². The molecule has 0 bridgehead atoms. The Balaban J connectivity index is 1.39. The van der Waals surface area contributed by atoms with E-state index in [4.69, 9.17) is 0 Å². The van der Waals surface area contributed by atoms with Crippen LogP contribution in [0, 0.1) is 0 Å². The van der Waals surface area contributed by atoms with Crippen LogP contribution in [0.4, 0.5) is 0 Å². The standard InChI is InChI=1S/C27H26N4O2/c32-26(22-11-13-28-14-12-22)29-15-6-16-30(18-17-29)27(33)25-19-23-9-4-5-10-24(23)31(25)20-21-7-2-1-3-8-21/h1-5,7-14,19H,6,15-18,20H2. The number of nitrogens with zero attached hydrogens (tertiary/aromatic N) is 4. The van der Waals surface area contributed by atoms with Gasteiger partial charge in [-0.25, -0.2) is 0 Å². The highest BCUT2D eigenvalue weighted by Crippen LogP contribution is 2.23. The minimum atomic E-state index is -0.00936. The Bertz CT molecular complexity index is 1270. The third-order valence-corrected chi connectivity index (χ3v) is 6.21. The third kappa shape index (κ3) is 4.37. The van der Waals surface area contributed by atoms with Gasteiger partial charge in [-0.3, -0.25) is 14.6 Å². The van der Waals surface area contributed by atoms with Crippen molar-refractivity contribution in [3.05, 3.63) is 102 Å². The first-order chi connectivity index (χ1) is 16.2. The summed E-state index contributed by atoms with van der Waals surface area (Å²) in [5, 5.41) is 1.06. The highest BCUT2D eigenvalue weighted by molar-refractivity contribution is 5.99. The molecule has 0 radical (unpaired) electrons. The van der Waals surface area contributed by atoms with Gasteiger partial charge in [0.25, 0.3) is 11.8 Å². The SMILES string of the molecule is O=C(c1ccncc1)N1CCCN(C(=O)c2cc3ccccc3n2Cc2ccccc2)CC1. The summed E-state index contributed by atoms with van der Waals surface area (Å²) in [5.41, 5.74) is 3.52. The Kier molecular flexibility index (Phi) is 5.89. The second kappa shape index (κ2) is 9.28. The van der Waals surface area contributed by atoms with E-state index in [1.807, 2.05) is 52.3 Å². The molecule has 33 heavy (non-hydrogen) atoms. The molecule has 2 aromatic carbocycles. The fourth-order valence-corrected chi connectivity index (χ4v) is 4.49. The topological polar surface area (TPSA) is 58.4 Å². The molecule has 1 saturated heterocycles. The quantitative estimate of drug-likeness (QED) is 0.483. The summed E-state index contributed by atoms with van der Waals surface area (Å²) in [6, 6.07) is 23.8. The van der Waals surface area contributed by atoms with Gasteiger partial charge in [0.1, 0.15) is 5.69 Å². The van der Waals surface area contributed by atoms with Crippen molar-refractivity contribution in [2.45, 2.75) is 13.0 Å². The zero-order valence-corrected chi connectivity index (χ0v) is 18.4. The van der Waals surface area contributed by atoms with Crippen molar-refractivity contribution in [1.29, 1.82) is 0 Å². The van der Waals surface area contributed by atoms with Gasteiger partial charge in [-0.1, -0.05) is 48.5 Å². The number of amides is 2. The van der Waals surface area contributed by atoms with Crippen LogP contribution in [0.15, 0.2) is 85.2 Å². The van der Waals surface area contributed by atoms with Gasteiger partial charge < -0.3 is 14.4 Å². The third-order valence-electron chi connectivity index (χ3n) is 6.21. The molecule has 3 heterocycles. The van der Waals surface area contributed by atoms with E-state index in [9.17, 15) is 9.59 Å². The second-order valence-electron chi connectivity index (χ2n) is 8.33. The normalized spacial score (nSPS) is 14.3. The van der Waals surface area contributed by atoms with Crippen molar-refractivity contribution in [2.75, 3.05) is 26.2 Å². The molecule has 1 fully saturated rings. The van der Waals surface area contributed by atoms with Crippen molar-refractivity contribution >= 4 is 22.7 Å². The lowest BCUT2D eigenvalue weighted by atomic mass is 10.2. The van der Waals surface area contributed by atoms with Crippen LogP contribution in [0.5, 0.6) is 0 Å². The van der Waals surface area contributed by atoms with Crippen LogP contribution in [-0.2, 0) is 6.54 Å². The molecule has 6 nitrogen and oxygen atoms in total. The minimum absolute atomic E-state index is 0.00936. The van der Waals surface area contributed by atoms with E-state index in [0.717, 1.165) is 22.9 Å².